The number of nitro benzene ring substituents is 1. The number of carbonyl (C=O) groups excluding carboxylic acids is 2. The van der Waals surface area contributed by atoms with E-state index < -0.39 is 23.0 Å². The molecule has 0 aromatic heterocycles. The van der Waals surface area contributed by atoms with Crippen LogP contribution in [0.3, 0.4) is 0 Å². The molecule has 108 valence electrons. The van der Waals surface area contributed by atoms with Crippen LogP contribution in [-0.4, -0.2) is 30.0 Å². The third-order valence-corrected chi connectivity index (χ3v) is 2.45. The van der Waals surface area contributed by atoms with Gasteiger partial charge in [0.15, 0.2) is 11.9 Å². The normalized spacial score (nSPS) is 11.3. The minimum Gasteiger partial charge on any atom is -0.474 e. The van der Waals surface area contributed by atoms with E-state index in [-0.39, 0.29) is 11.4 Å². The first kappa shape index (κ1) is 15.4. The number of hydrogen-bond donors (Lipinski definition) is 2. The second-order valence-electron chi connectivity index (χ2n) is 4.06. The van der Waals surface area contributed by atoms with E-state index in [4.69, 9.17) is 4.74 Å². The molecule has 8 heteroatoms. The Morgan fingerprint density at radius 2 is 2.05 bits per heavy atom. The Morgan fingerprint density at radius 1 is 1.40 bits per heavy atom. The molecular formula is C12H15N3O5. The molecule has 2 N–H and O–H groups in total. The molecule has 1 atom stereocenters. The highest BCUT2D eigenvalue weighted by Gasteiger charge is 2.22. The highest BCUT2D eigenvalue weighted by molar-refractivity contribution is 5.96. The molecule has 0 saturated heterocycles. The molecule has 1 aromatic carbocycles. The summed E-state index contributed by atoms with van der Waals surface area (Å²) < 4.78 is 5.24. The van der Waals surface area contributed by atoms with Gasteiger partial charge in [-0.2, -0.15) is 0 Å². The number of nitrogens with one attached hydrogen (secondary N) is 2. The molecule has 1 aromatic rings. The largest absolute Gasteiger partial charge is 0.474 e. The van der Waals surface area contributed by atoms with Gasteiger partial charge in [-0.25, -0.2) is 4.79 Å². The summed E-state index contributed by atoms with van der Waals surface area (Å²) in [6.45, 7) is 3.10. The molecule has 0 heterocycles. The lowest BCUT2D eigenvalue weighted by Crippen LogP contribution is -2.44. The molecule has 0 radical (unpaired) electrons. The maximum Gasteiger partial charge on any atom is 0.321 e. The molecule has 0 fully saturated rings. The number of carbonyl (C=O) groups is 2. The smallest absolute Gasteiger partial charge is 0.321 e. The summed E-state index contributed by atoms with van der Waals surface area (Å²) in [5.41, 5.74) is 0.469. The second-order valence-corrected chi connectivity index (χ2v) is 4.06. The van der Waals surface area contributed by atoms with Crippen LogP contribution >= 0.6 is 0 Å². The maximum atomic E-state index is 11.6. The van der Waals surface area contributed by atoms with Gasteiger partial charge in [-0.1, -0.05) is 6.07 Å². The fourth-order valence-electron chi connectivity index (χ4n) is 1.39. The van der Waals surface area contributed by atoms with Crippen LogP contribution in [0.4, 0.5) is 10.5 Å². The Bertz CT molecular complexity index is 544. The van der Waals surface area contributed by atoms with Gasteiger partial charge in [0.1, 0.15) is 0 Å². The SMILES string of the molecule is CNC(=O)NC(=O)[C@@H](C)Oc1ccc(C)cc1[N+](=O)[O-]. The van der Waals surface area contributed by atoms with Crippen LogP contribution in [0.2, 0.25) is 0 Å². The summed E-state index contributed by atoms with van der Waals surface area (Å²) >= 11 is 0. The van der Waals surface area contributed by atoms with Crippen molar-refractivity contribution in [1.29, 1.82) is 0 Å². The van der Waals surface area contributed by atoms with Crippen molar-refractivity contribution in [2.24, 2.45) is 0 Å². The number of aryl methyl sites for hydroxylation is 1. The summed E-state index contributed by atoms with van der Waals surface area (Å²) in [4.78, 5) is 32.9. The zero-order chi connectivity index (χ0) is 15.3. The van der Waals surface area contributed by atoms with E-state index in [0.717, 1.165) is 0 Å². The first-order valence-electron chi connectivity index (χ1n) is 5.79. The summed E-state index contributed by atoms with van der Waals surface area (Å²) in [6.07, 6.45) is -1.05. The zero-order valence-corrected chi connectivity index (χ0v) is 11.3. The maximum absolute atomic E-state index is 11.6. The monoisotopic (exact) mass is 281 g/mol. The number of hydrogen-bond acceptors (Lipinski definition) is 5. The summed E-state index contributed by atoms with van der Waals surface area (Å²) in [5, 5.41) is 15.2. The van der Waals surface area contributed by atoms with E-state index >= 15 is 0 Å². The predicted octanol–water partition coefficient (Wildman–Crippen LogP) is 1.13. The van der Waals surface area contributed by atoms with Crippen LogP contribution in [0.15, 0.2) is 18.2 Å². The van der Waals surface area contributed by atoms with Gasteiger partial charge in [0, 0.05) is 13.1 Å². The van der Waals surface area contributed by atoms with Crippen molar-refractivity contribution in [1.82, 2.24) is 10.6 Å². The van der Waals surface area contributed by atoms with Crippen LogP contribution in [0.1, 0.15) is 12.5 Å². The lowest BCUT2D eigenvalue weighted by atomic mass is 10.2. The number of nitro groups is 1. The molecule has 3 amide bonds. The van der Waals surface area contributed by atoms with E-state index in [0.29, 0.717) is 5.56 Å². The van der Waals surface area contributed by atoms with E-state index in [2.05, 4.69) is 5.32 Å². The molecule has 0 aliphatic heterocycles. The van der Waals surface area contributed by atoms with Crippen LogP contribution < -0.4 is 15.4 Å². The Labute approximate surface area is 115 Å². The molecule has 1 rings (SSSR count). The van der Waals surface area contributed by atoms with Gasteiger partial charge < -0.3 is 10.1 Å². The molecule has 0 aliphatic rings. The van der Waals surface area contributed by atoms with Gasteiger partial charge in [0.25, 0.3) is 5.91 Å². The summed E-state index contributed by atoms with van der Waals surface area (Å²) in [6, 6.07) is 3.71. The topological polar surface area (TPSA) is 111 Å². The molecule has 0 unspecified atom stereocenters. The Morgan fingerprint density at radius 3 is 2.60 bits per heavy atom. The van der Waals surface area contributed by atoms with Crippen LogP contribution in [0, 0.1) is 17.0 Å². The van der Waals surface area contributed by atoms with Crippen molar-refractivity contribution >= 4 is 17.6 Å². The average Bonchev–Trinajstić information content (AvgIpc) is 2.40. The van der Waals surface area contributed by atoms with E-state index in [1.807, 2.05) is 5.32 Å². The first-order chi connectivity index (χ1) is 9.35. The lowest BCUT2D eigenvalue weighted by Gasteiger charge is -2.14. The average molecular weight is 281 g/mol. The summed E-state index contributed by atoms with van der Waals surface area (Å²) in [7, 11) is 1.36. The number of ether oxygens (including phenoxy) is 1. The van der Waals surface area contributed by atoms with Gasteiger partial charge in [-0.05, 0) is 25.5 Å². The molecule has 0 aliphatic carbocycles. The van der Waals surface area contributed by atoms with Gasteiger partial charge in [-0.3, -0.25) is 20.2 Å². The van der Waals surface area contributed by atoms with Gasteiger partial charge in [-0.15, -0.1) is 0 Å². The molecule has 0 bridgehead atoms. The van der Waals surface area contributed by atoms with Crippen molar-refractivity contribution in [3.8, 4) is 5.75 Å². The van der Waals surface area contributed by atoms with E-state index in [1.54, 1.807) is 13.0 Å². The van der Waals surface area contributed by atoms with Crippen molar-refractivity contribution in [2.45, 2.75) is 20.0 Å². The minimum atomic E-state index is -1.05. The molecule has 20 heavy (non-hydrogen) atoms. The number of rotatable bonds is 4. The first-order valence-corrected chi connectivity index (χ1v) is 5.79. The third-order valence-electron chi connectivity index (χ3n) is 2.45. The van der Waals surface area contributed by atoms with Gasteiger partial charge in [0.05, 0.1) is 4.92 Å². The van der Waals surface area contributed by atoms with Gasteiger partial charge in [0.2, 0.25) is 0 Å². The number of nitrogens with zero attached hydrogens (tertiary/aromatic N) is 1. The molecule has 8 nitrogen and oxygen atoms in total. The number of urea groups is 1. The Balaban J connectivity index is 2.85. The van der Waals surface area contributed by atoms with Crippen molar-refractivity contribution in [2.75, 3.05) is 7.05 Å². The van der Waals surface area contributed by atoms with Crippen LogP contribution in [-0.2, 0) is 4.79 Å². The second kappa shape index (κ2) is 6.50. The van der Waals surface area contributed by atoms with Crippen LogP contribution in [0.5, 0.6) is 5.75 Å². The molecule has 0 spiro atoms. The molecule has 0 saturated carbocycles. The Hall–Kier alpha value is -2.64. The lowest BCUT2D eigenvalue weighted by molar-refractivity contribution is -0.386. The standard InChI is InChI=1S/C12H15N3O5/c1-7-4-5-10(9(6-7)15(18)19)20-8(2)11(16)14-12(17)13-3/h4-6,8H,1-3H3,(H2,13,14,16,17)/t8-/m1/s1. The van der Waals surface area contributed by atoms with Gasteiger partial charge >= 0.3 is 11.7 Å². The predicted molar refractivity (Wildman–Crippen MR) is 70.5 cm³/mol. The fraction of sp³-hybridized carbons (Fsp3) is 0.333. The summed E-state index contributed by atoms with van der Waals surface area (Å²) in [5.74, 6) is -0.723. The van der Waals surface area contributed by atoms with Crippen molar-refractivity contribution < 1.29 is 19.2 Å². The highest BCUT2D eigenvalue weighted by Crippen LogP contribution is 2.28. The quantitative estimate of drug-likeness (QED) is 0.634. The minimum absolute atomic E-state index is 0.0276. The fourth-order valence-corrected chi connectivity index (χ4v) is 1.39. The number of amides is 3. The Kier molecular flexibility index (Phi) is 5.01. The van der Waals surface area contributed by atoms with E-state index in [9.17, 15) is 19.7 Å². The third kappa shape index (κ3) is 3.94. The molecular weight excluding hydrogens is 266 g/mol. The zero-order valence-electron chi connectivity index (χ0n) is 11.3. The number of benzene rings is 1. The van der Waals surface area contributed by atoms with E-state index in [1.165, 1.54) is 26.1 Å². The van der Waals surface area contributed by atoms with Crippen molar-refractivity contribution in [3.05, 3.63) is 33.9 Å². The highest BCUT2D eigenvalue weighted by atomic mass is 16.6. The number of imide groups is 1. The van der Waals surface area contributed by atoms with Crippen LogP contribution in [0.25, 0.3) is 0 Å². The van der Waals surface area contributed by atoms with Crippen molar-refractivity contribution in [3.63, 3.8) is 0 Å².